The van der Waals surface area contributed by atoms with E-state index in [1.54, 1.807) is 0 Å². The Morgan fingerprint density at radius 3 is 2.79 bits per heavy atom. The Balaban J connectivity index is 1.95. The van der Waals surface area contributed by atoms with Crippen LogP contribution in [-0.2, 0) is 13.1 Å². The van der Waals surface area contributed by atoms with Gasteiger partial charge in [0.1, 0.15) is 0 Å². The van der Waals surface area contributed by atoms with Crippen molar-refractivity contribution < 1.29 is 0 Å². The van der Waals surface area contributed by atoms with Crippen LogP contribution in [0.4, 0.5) is 0 Å². The molecule has 0 aliphatic rings. The predicted octanol–water partition coefficient (Wildman–Crippen LogP) is 3.44. The minimum absolute atomic E-state index is 0.685. The molecule has 19 heavy (non-hydrogen) atoms. The van der Waals surface area contributed by atoms with Crippen LogP contribution in [0, 0.1) is 5.92 Å². The van der Waals surface area contributed by atoms with E-state index in [2.05, 4.69) is 64.5 Å². The first-order chi connectivity index (χ1) is 9.13. The number of hydrogen-bond acceptors (Lipinski definition) is 2. The van der Waals surface area contributed by atoms with E-state index < -0.39 is 0 Å². The molecule has 0 atom stereocenters. The molecule has 4 heteroatoms. The van der Waals surface area contributed by atoms with Crippen LogP contribution in [0.1, 0.15) is 25.0 Å². The van der Waals surface area contributed by atoms with Crippen molar-refractivity contribution >= 4 is 15.9 Å². The van der Waals surface area contributed by atoms with Gasteiger partial charge in [-0.1, -0.05) is 38.1 Å². The highest BCUT2D eigenvalue weighted by Crippen LogP contribution is 2.10. The quantitative estimate of drug-likeness (QED) is 0.883. The van der Waals surface area contributed by atoms with Gasteiger partial charge in [0.15, 0.2) is 0 Å². The second-order valence-corrected chi connectivity index (χ2v) is 6.12. The average molecular weight is 322 g/mol. The van der Waals surface area contributed by atoms with Gasteiger partial charge in [-0.3, -0.25) is 4.68 Å². The molecule has 0 aliphatic heterocycles. The first-order valence-electron chi connectivity index (χ1n) is 6.60. The van der Waals surface area contributed by atoms with Crippen LogP contribution in [0.15, 0.2) is 41.1 Å². The van der Waals surface area contributed by atoms with Crippen molar-refractivity contribution in [3.63, 3.8) is 0 Å². The van der Waals surface area contributed by atoms with Gasteiger partial charge in [-0.2, -0.15) is 5.10 Å². The number of nitrogens with one attached hydrogen (secondary N) is 1. The molecule has 1 heterocycles. The van der Waals surface area contributed by atoms with Gasteiger partial charge in [0.05, 0.1) is 17.2 Å². The highest BCUT2D eigenvalue weighted by atomic mass is 79.9. The molecule has 1 N–H and O–H groups in total. The lowest BCUT2D eigenvalue weighted by atomic mass is 10.1. The lowest BCUT2D eigenvalue weighted by molar-refractivity contribution is 0.552. The van der Waals surface area contributed by atoms with Crippen molar-refractivity contribution in [2.45, 2.75) is 26.9 Å². The van der Waals surface area contributed by atoms with Gasteiger partial charge in [-0.25, -0.2) is 0 Å². The minimum atomic E-state index is 0.685. The Morgan fingerprint density at radius 2 is 2.11 bits per heavy atom. The van der Waals surface area contributed by atoms with Crippen molar-refractivity contribution in [3.8, 4) is 0 Å². The summed E-state index contributed by atoms with van der Waals surface area (Å²) in [5.41, 5.74) is 2.60. The summed E-state index contributed by atoms with van der Waals surface area (Å²) in [6.07, 6.45) is 3.80. The summed E-state index contributed by atoms with van der Waals surface area (Å²) in [6, 6.07) is 8.65. The molecule has 2 aromatic rings. The number of rotatable bonds is 6. The van der Waals surface area contributed by atoms with Crippen molar-refractivity contribution in [1.82, 2.24) is 15.1 Å². The highest BCUT2D eigenvalue weighted by molar-refractivity contribution is 9.10. The Morgan fingerprint density at radius 1 is 1.32 bits per heavy atom. The number of hydrogen-bond donors (Lipinski definition) is 1. The summed E-state index contributed by atoms with van der Waals surface area (Å²) in [5.74, 6) is 0.685. The van der Waals surface area contributed by atoms with E-state index in [0.29, 0.717) is 5.92 Å². The van der Waals surface area contributed by atoms with Gasteiger partial charge in [0.25, 0.3) is 0 Å². The van der Waals surface area contributed by atoms with Crippen molar-refractivity contribution in [3.05, 3.63) is 52.3 Å². The zero-order chi connectivity index (χ0) is 13.7. The fraction of sp³-hybridized carbons (Fsp3) is 0.400. The summed E-state index contributed by atoms with van der Waals surface area (Å²) in [6.45, 7) is 7.23. The van der Waals surface area contributed by atoms with E-state index >= 15 is 0 Å². The lowest BCUT2D eigenvalue weighted by Crippen LogP contribution is -2.19. The van der Waals surface area contributed by atoms with Crippen LogP contribution >= 0.6 is 15.9 Å². The number of halogens is 1. The maximum atomic E-state index is 4.28. The Labute approximate surface area is 123 Å². The molecule has 0 saturated carbocycles. The molecule has 0 radical (unpaired) electrons. The topological polar surface area (TPSA) is 29.9 Å². The Hall–Kier alpha value is -1.13. The van der Waals surface area contributed by atoms with Crippen LogP contribution in [-0.4, -0.2) is 16.3 Å². The largest absolute Gasteiger partial charge is 0.312 e. The molecule has 0 saturated heterocycles. The van der Waals surface area contributed by atoms with Gasteiger partial charge < -0.3 is 5.32 Å². The standard InChI is InChI=1S/C15H20BrN3/c1-12(2)7-17-8-13-4-3-5-14(6-13)10-19-11-15(16)9-18-19/h3-6,9,11-12,17H,7-8,10H2,1-2H3. The fourth-order valence-electron chi connectivity index (χ4n) is 1.96. The van der Waals surface area contributed by atoms with E-state index in [-0.39, 0.29) is 0 Å². The zero-order valence-electron chi connectivity index (χ0n) is 11.4. The van der Waals surface area contributed by atoms with E-state index in [1.807, 2.05) is 17.1 Å². The molecule has 0 fully saturated rings. The summed E-state index contributed by atoms with van der Waals surface area (Å²) in [4.78, 5) is 0. The molecule has 1 aromatic carbocycles. The molecule has 3 nitrogen and oxygen atoms in total. The molecule has 0 amide bonds. The maximum Gasteiger partial charge on any atom is 0.0659 e. The van der Waals surface area contributed by atoms with Crippen LogP contribution in [0.2, 0.25) is 0 Å². The molecule has 0 unspecified atom stereocenters. The van der Waals surface area contributed by atoms with E-state index in [4.69, 9.17) is 0 Å². The molecule has 1 aromatic heterocycles. The first kappa shape index (κ1) is 14.3. The zero-order valence-corrected chi connectivity index (χ0v) is 13.0. The lowest BCUT2D eigenvalue weighted by Gasteiger charge is -2.09. The fourth-order valence-corrected chi connectivity index (χ4v) is 2.28. The monoisotopic (exact) mass is 321 g/mol. The first-order valence-corrected chi connectivity index (χ1v) is 7.39. The maximum absolute atomic E-state index is 4.28. The third kappa shape index (κ3) is 4.80. The number of benzene rings is 1. The van der Waals surface area contributed by atoms with Crippen LogP contribution in [0.3, 0.4) is 0 Å². The van der Waals surface area contributed by atoms with Crippen molar-refractivity contribution in [2.75, 3.05) is 6.54 Å². The molecular formula is C15H20BrN3. The normalized spacial score (nSPS) is 11.2. The molecule has 0 bridgehead atoms. The van der Waals surface area contributed by atoms with Gasteiger partial charge in [-0.05, 0) is 39.5 Å². The number of nitrogens with zero attached hydrogens (tertiary/aromatic N) is 2. The van der Waals surface area contributed by atoms with E-state index in [0.717, 1.165) is 24.1 Å². The summed E-state index contributed by atoms with van der Waals surface area (Å²) in [7, 11) is 0. The summed E-state index contributed by atoms with van der Waals surface area (Å²) in [5, 5.41) is 7.75. The smallest absolute Gasteiger partial charge is 0.0659 e. The molecule has 102 valence electrons. The van der Waals surface area contributed by atoms with Gasteiger partial charge in [0.2, 0.25) is 0 Å². The second kappa shape index (κ2) is 6.87. The third-order valence-electron chi connectivity index (χ3n) is 2.82. The molecule has 0 spiro atoms. The third-order valence-corrected chi connectivity index (χ3v) is 3.23. The summed E-state index contributed by atoms with van der Waals surface area (Å²) >= 11 is 3.41. The average Bonchev–Trinajstić information content (AvgIpc) is 2.75. The van der Waals surface area contributed by atoms with Gasteiger partial charge >= 0.3 is 0 Å². The van der Waals surface area contributed by atoms with Crippen LogP contribution in [0.5, 0.6) is 0 Å². The predicted molar refractivity (Wildman–Crippen MR) is 82.0 cm³/mol. The van der Waals surface area contributed by atoms with Crippen LogP contribution in [0.25, 0.3) is 0 Å². The van der Waals surface area contributed by atoms with Gasteiger partial charge in [0, 0.05) is 12.7 Å². The highest BCUT2D eigenvalue weighted by Gasteiger charge is 2.00. The van der Waals surface area contributed by atoms with E-state index in [1.165, 1.54) is 11.1 Å². The summed E-state index contributed by atoms with van der Waals surface area (Å²) < 4.78 is 2.95. The molecule has 0 aliphatic carbocycles. The van der Waals surface area contributed by atoms with Crippen molar-refractivity contribution in [1.29, 1.82) is 0 Å². The number of aromatic nitrogens is 2. The molecule has 2 rings (SSSR count). The Bertz CT molecular complexity index is 520. The minimum Gasteiger partial charge on any atom is -0.312 e. The SMILES string of the molecule is CC(C)CNCc1cccc(Cn2cc(Br)cn2)c1. The molecular weight excluding hydrogens is 302 g/mol. The second-order valence-electron chi connectivity index (χ2n) is 5.20. The van der Waals surface area contributed by atoms with Crippen LogP contribution < -0.4 is 5.32 Å². The van der Waals surface area contributed by atoms with Gasteiger partial charge in [-0.15, -0.1) is 0 Å². The van der Waals surface area contributed by atoms with Crippen molar-refractivity contribution in [2.24, 2.45) is 5.92 Å². The van der Waals surface area contributed by atoms with E-state index in [9.17, 15) is 0 Å². The Kier molecular flexibility index (Phi) is 5.16.